The number of hydrogen-bond acceptors (Lipinski definition) is 5. The highest BCUT2D eigenvalue weighted by Crippen LogP contribution is 1.96. The molecule has 10 heavy (non-hydrogen) atoms. The van der Waals surface area contributed by atoms with Crippen molar-refractivity contribution < 1.29 is 15.2 Å². The first kappa shape index (κ1) is 8.86. The second-order valence-corrected chi connectivity index (χ2v) is 1.24. The molecule has 0 aliphatic rings. The van der Waals surface area contributed by atoms with Crippen molar-refractivity contribution in [3.8, 4) is 5.75 Å². The molecule has 0 aliphatic heterocycles. The third kappa shape index (κ3) is 5.01. The normalized spacial score (nSPS) is 7.40. The van der Waals surface area contributed by atoms with E-state index in [0.29, 0.717) is 0 Å². The number of hydrogen-bond donors (Lipinski definition) is 3. The molecule has 3 N–H and O–H groups in total. The first-order chi connectivity index (χ1) is 4.81. The molecule has 54 valence electrons. The third-order valence-corrected chi connectivity index (χ3v) is 0.547. The SMILES string of the molecule is OBO.Oc1cncnc1. The van der Waals surface area contributed by atoms with Gasteiger partial charge < -0.3 is 15.2 Å². The molecule has 1 heterocycles. The van der Waals surface area contributed by atoms with E-state index >= 15 is 0 Å². The van der Waals surface area contributed by atoms with E-state index < -0.39 is 7.69 Å². The van der Waals surface area contributed by atoms with Gasteiger partial charge in [-0.3, -0.25) is 0 Å². The van der Waals surface area contributed by atoms with Crippen molar-refractivity contribution in [3.05, 3.63) is 18.7 Å². The summed E-state index contributed by atoms with van der Waals surface area (Å²) in [5.41, 5.74) is 0. The Balaban J connectivity index is 0.000000236. The van der Waals surface area contributed by atoms with E-state index in [2.05, 4.69) is 9.97 Å². The molecule has 5 nitrogen and oxygen atoms in total. The van der Waals surface area contributed by atoms with Gasteiger partial charge in [-0.05, 0) is 0 Å². The van der Waals surface area contributed by atoms with Crippen LogP contribution >= 0.6 is 0 Å². The van der Waals surface area contributed by atoms with Crippen molar-refractivity contribution in [2.24, 2.45) is 0 Å². The van der Waals surface area contributed by atoms with Gasteiger partial charge >= 0.3 is 7.69 Å². The van der Waals surface area contributed by atoms with Crippen LogP contribution in [0.1, 0.15) is 0 Å². The summed E-state index contributed by atoms with van der Waals surface area (Å²) in [4.78, 5) is 7.05. The van der Waals surface area contributed by atoms with E-state index in [0.717, 1.165) is 0 Å². The van der Waals surface area contributed by atoms with Crippen molar-refractivity contribution in [2.45, 2.75) is 0 Å². The van der Waals surface area contributed by atoms with Crippen molar-refractivity contribution in [3.63, 3.8) is 0 Å². The molecule has 0 unspecified atom stereocenters. The molecule has 0 radical (unpaired) electrons. The lowest BCUT2D eigenvalue weighted by Crippen LogP contribution is -1.75. The van der Waals surface area contributed by atoms with Crippen LogP contribution in [-0.2, 0) is 0 Å². The van der Waals surface area contributed by atoms with E-state index in [-0.39, 0.29) is 5.75 Å². The fraction of sp³-hybridized carbons (Fsp3) is 0. The minimum Gasteiger partial charge on any atom is -0.505 e. The van der Waals surface area contributed by atoms with Gasteiger partial charge in [0.15, 0.2) is 5.75 Å². The van der Waals surface area contributed by atoms with Crippen LogP contribution in [0.25, 0.3) is 0 Å². The topological polar surface area (TPSA) is 86.5 Å². The Morgan fingerprint density at radius 1 is 1.20 bits per heavy atom. The molecule has 6 heteroatoms. The predicted octanol–water partition coefficient (Wildman–Crippen LogP) is -1.58. The zero-order chi connectivity index (χ0) is 7.82. The maximum absolute atomic E-state index is 8.51. The van der Waals surface area contributed by atoms with Gasteiger partial charge in [-0.15, -0.1) is 0 Å². The minimum absolute atomic E-state index is 0.0995. The van der Waals surface area contributed by atoms with Gasteiger partial charge in [0.1, 0.15) is 6.33 Å². The van der Waals surface area contributed by atoms with E-state index in [4.69, 9.17) is 15.2 Å². The highest BCUT2D eigenvalue weighted by molar-refractivity contribution is 6.13. The Labute approximate surface area is 58.3 Å². The smallest absolute Gasteiger partial charge is 0.432 e. The molecule has 0 saturated heterocycles. The first-order valence-electron chi connectivity index (χ1n) is 2.47. The second kappa shape index (κ2) is 5.99. The lowest BCUT2D eigenvalue weighted by molar-refractivity contribution is 0.448. The van der Waals surface area contributed by atoms with Gasteiger partial charge in [-0.25, -0.2) is 9.97 Å². The zero-order valence-electron chi connectivity index (χ0n) is 5.18. The summed E-state index contributed by atoms with van der Waals surface area (Å²) in [5, 5.41) is 22.8. The highest BCUT2D eigenvalue weighted by Gasteiger charge is 1.77. The van der Waals surface area contributed by atoms with E-state index in [1.807, 2.05) is 0 Å². The number of aromatic nitrogens is 2. The Morgan fingerprint density at radius 3 is 1.80 bits per heavy atom. The Bertz CT molecular complexity index is 160. The molecular formula is C4H7BN2O3. The van der Waals surface area contributed by atoms with Gasteiger partial charge in [-0.2, -0.15) is 0 Å². The van der Waals surface area contributed by atoms with Crippen LogP contribution in [0.2, 0.25) is 0 Å². The molecule has 1 aromatic rings. The molecule has 0 aliphatic carbocycles. The monoisotopic (exact) mass is 142 g/mol. The van der Waals surface area contributed by atoms with Crippen LogP contribution in [0.15, 0.2) is 18.7 Å². The quantitative estimate of drug-likeness (QED) is 0.380. The summed E-state index contributed by atoms with van der Waals surface area (Å²) < 4.78 is 0. The van der Waals surface area contributed by atoms with Crippen LogP contribution in [-0.4, -0.2) is 32.8 Å². The Hall–Kier alpha value is -1.14. The second-order valence-electron chi connectivity index (χ2n) is 1.24. The summed E-state index contributed by atoms with van der Waals surface area (Å²) >= 11 is 0. The number of aromatic hydroxyl groups is 1. The molecule has 0 atom stereocenters. The Morgan fingerprint density at radius 2 is 1.60 bits per heavy atom. The fourth-order valence-corrected chi connectivity index (χ4v) is 0.291. The molecular weight excluding hydrogens is 135 g/mol. The average Bonchev–Trinajstić information content (AvgIpc) is 1.91. The van der Waals surface area contributed by atoms with Crippen molar-refractivity contribution >= 4 is 7.69 Å². The van der Waals surface area contributed by atoms with Crippen LogP contribution in [0.3, 0.4) is 0 Å². The van der Waals surface area contributed by atoms with Gasteiger partial charge in [0.25, 0.3) is 0 Å². The molecule has 0 fully saturated rings. The van der Waals surface area contributed by atoms with Crippen molar-refractivity contribution in [2.75, 3.05) is 0 Å². The maximum Gasteiger partial charge on any atom is 0.432 e. The largest absolute Gasteiger partial charge is 0.505 e. The summed E-state index contributed by atoms with van der Waals surface area (Å²) in [7, 11) is -0.750. The summed E-state index contributed by atoms with van der Waals surface area (Å²) in [6, 6.07) is 0. The molecule has 0 saturated carbocycles. The first-order valence-corrected chi connectivity index (χ1v) is 2.47. The van der Waals surface area contributed by atoms with Crippen LogP contribution in [0.5, 0.6) is 5.75 Å². The van der Waals surface area contributed by atoms with Crippen LogP contribution in [0, 0.1) is 0 Å². The molecule has 0 amide bonds. The number of rotatable bonds is 0. The van der Waals surface area contributed by atoms with E-state index in [1.54, 1.807) is 0 Å². The lowest BCUT2D eigenvalue weighted by atomic mass is 10.5. The number of nitrogens with zero attached hydrogens (tertiary/aromatic N) is 2. The molecule has 0 spiro atoms. The van der Waals surface area contributed by atoms with Gasteiger partial charge in [-0.1, -0.05) is 0 Å². The fourth-order valence-electron chi connectivity index (χ4n) is 0.291. The summed E-state index contributed by atoms with van der Waals surface area (Å²) in [6.45, 7) is 0. The van der Waals surface area contributed by atoms with E-state index in [9.17, 15) is 0 Å². The highest BCUT2D eigenvalue weighted by atomic mass is 16.4. The van der Waals surface area contributed by atoms with Gasteiger partial charge in [0, 0.05) is 0 Å². The third-order valence-electron chi connectivity index (χ3n) is 0.547. The van der Waals surface area contributed by atoms with Crippen LogP contribution < -0.4 is 0 Å². The minimum atomic E-state index is -0.750. The molecule has 0 aromatic carbocycles. The molecule has 1 rings (SSSR count). The van der Waals surface area contributed by atoms with Crippen LogP contribution in [0.4, 0.5) is 0 Å². The molecule has 1 aromatic heterocycles. The predicted molar refractivity (Wildman–Crippen MR) is 35.3 cm³/mol. The zero-order valence-corrected chi connectivity index (χ0v) is 5.18. The standard InChI is InChI=1S/C4H4N2O.BH3O2/c7-4-1-5-3-6-2-4;2-1-3/h1-3,7H;1-3H. The van der Waals surface area contributed by atoms with Gasteiger partial charge in [0.2, 0.25) is 0 Å². The average molecular weight is 142 g/mol. The Kier molecular flexibility index (Phi) is 5.31. The summed E-state index contributed by atoms with van der Waals surface area (Å²) in [6.07, 6.45) is 4.01. The van der Waals surface area contributed by atoms with Crippen molar-refractivity contribution in [1.82, 2.24) is 9.97 Å². The van der Waals surface area contributed by atoms with E-state index in [1.165, 1.54) is 18.7 Å². The summed E-state index contributed by atoms with van der Waals surface area (Å²) in [5.74, 6) is 0.0995. The van der Waals surface area contributed by atoms with Crippen molar-refractivity contribution in [1.29, 1.82) is 0 Å². The molecule has 0 bridgehead atoms. The maximum atomic E-state index is 8.51. The lowest BCUT2D eigenvalue weighted by Gasteiger charge is -1.81. The van der Waals surface area contributed by atoms with Gasteiger partial charge in [0.05, 0.1) is 12.4 Å².